The van der Waals surface area contributed by atoms with Gasteiger partial charge in [-0.25, -0.2) is 4.79 Å². The maximum Gasteiger partial charge on any atom is 0.331 e. The Balaban J connectivity index is 2.68. The Kier molecular flexibility index (Phi) is 5.65. The normalized spacial score (nSPS) is 11.9. The van der Waals surface area contributed by atoms with E-state index in [4.69, 9.17) is 4.74 Å². The van der Waals surface area contributed by atoms with E-state index in [9.17, 15) is 14.4 Å². The van der Waals surface area contributed by atoms with Gasteiger partial charge in [-0.3, -0.25) is 9.59 Å². The molecule has 1 rings (SSSR count). The Morgan fingerprint density at radius 2 is 2.00 bits per heavy atom. The molecule has 20 heavy (non-hydrogen) atoms. The number of ether oxygens (including phenoxy) is 1. The largest absolute Gasteiger partial charge is 0.449 e. The van der Waals surface area contributed by atoms with Crippen LogP contribution in [0, 0.1) is 0 Å². The van der Waals surface area contributed by atoms with E-state index in [0.717, 1.165) is 0 Å². The summed E-state index contributed by atoms with van der Waals surface area (Å²) in [6.45, 7) is 4.60. The van der Waals surface area contributed by atoms with Crippen molar-refractivity contribution in [2.45, 2.75) is 26.9 Å². The second kappa shape index (κ2) is 7.23. The SMILES string of the molecule is C/C=C/C(=O)O[C@H](C)C(=O)Nc1cccc(C(C)=O)c1. The van der Waals surface area contributed by atoms with Crippen LogP contribution in [0.3, 0.4) is 0 Å². The van der Waals surface area contributed by atoms with E-state index in [2.05, 4.69) is 5.32 Å². The first-order chi connectivity index (χ1) is 9.43. The highest BCUT2D eigenvalue weighted by molar-refractivity contribution is 5.98. The van der Waals surface area contributed by atoms with Crippen LogP contribution in [-0.4, -0.2) is 23.8 Å². The first-order valence-electron chi connectivity index (χ1n) is 6.19. The molecule has 1 aromatic carbocycles. The summed E-state index contributed by atoms with van der Waals surface area (Å²) in [6, 6.07) is 6.56. The molecule has 106 valence electrons. The number of anilines is 1. The average Bonchev–Trinajstić information content (AvgIpc) is 2.39. The van der Waals surface area contributed by atoms with Crippen molar-refractivity contribution in [3.8, 4) is 0 Å². The molecule has 5 heteroatoms. The van der Waals surface area contributed by atoms with Gasteiger partial charge < -0.3 is 10.1 Å². The molecule has 0 saturated heterocycles. The maximum absolute atomic E-state index is 11.8. The number of amides is 1. The summed E-state index contributed by atoms with van der Waals surface area (Å²) in [6.07, 6.45) is 1.85. The number of esters is 1. The fourth-order valence-electron chi connectivity index (χ4n) is 1.46. The summed E-state index contributed by atoms with van der Waals surface area (Å²) in [5.41, 5.74) is 0.984. The number of carbonyl (C=O) groups excluding carboxylic acids is 3. The van der Waals surface area contributed by atoms with E-state index in [1.165, 1.54) is 26.0 Å². The van der Waals surface area contributed by atoms with Crippen molar-refractivity contribution in [1.29, 1.82) is 0 Å². The molecule has 0 aliphatic carbocycles. The average molecular weight is 275 g/mol. The molecular weight excluding hydrogens is 258 g/mol. The predicted octanol–water partition coefficient (Wildman–Crippen LogP) is 2.34. The Labute approximate surface area is 117 Å². The van der Waals surface area contributed by atoms with Gasteiger partial charge >= 0.3 is 5.97 Å². The smallest absolute Gasteiger partial charge is 0.331 e. The monoisotopic (exact) mass is 275 g/mol. The molecule has 0 radical (unpaired) electrons. The third-order valence-corrected chi connectivity index (χ3v) is 2.50. The van der Waals surface area contributed by atoms with Crippen LogP contribution >= 0.6 is 0 Å². The van der Waals surface area contributed by atoms with Crippen LogP contribution in [0.15, 0.2) is 36.4 Å². The second-order valence-corrected chi connectivity index (χ2v) is 4.21. The first kappa shape index (κ1) is 15.6. The number of benzene rings is 1. The van der Waals surface area contributed by atoms with Crippen molar-refractivity contribution >= 4 is 23.3 Å². The molecule has 0 aliphatic heterocycles. The lowest BCUT2D eigenvalue weighted by Gasteiger charge is -2.12. The summed E-state index contributed by atoms with van der Waals surface area (Å²) in [4.78, 5) is 34.3. The molecule has 0 fully saturated rings. The van der Waals surface area contributed by atoms with Crippen molar-refractivity contribution < 1.29 is 19.1 Å². The minimum Gasteiger partial charge on any atom is -0.449 e. The van der Waals surface area contributed by atoms with E-state index in [0.29, 0.717) is 11.3 Å². The lowest BCUT2D eigenvalue weighted by molar-refractivity contribution is -0.148. The minimum atomic E-state index is -0.917. The van der Waals surface area contributed by atoms with E-state index >= 15 is 0 Å². The van der Waals surface area contributed by atoms with Crippen molar-refractivity contribution in [3.05, 3.63) is 42.0 Å². The number of nitrogens with one attached hydrogen (secondary N) is 1. The Morgan fingerprint density at radius 1 is 1.30 bits per heavy atom. The highest BCUT2D eigenvalue weighted by Crippen LogP contribution is 2.12. The fourth-order valence-corrected chi connectivity index (χ4v) is 1.46. The lowest BCUT2D eigenvalue weighted by atomic mass is 10.1. The van der Waals surface area contributed by atoms with Crippen LogP contribution in [0.4, 0.5) is 5.69 Å². The molecule has 0 heterocycles. The number of ketones is 1. The number of hydrogen-bond acceptors (Lipinski definition) is 4. The zero-order chi connectivity index (χ0) is 15.1. The van der Waals surface area contributed by atoms with Crippen LogP contribution < -0.4 is 5.32 Å². The molecule has 0 aromatic heterocycles. The summed E-state index contributed by atoms with van der Waals surface area (Å²) in [7, 11) is 0. The zero-order valence-corrected chi connectivity index (χ0v) is 11.7. The van der Waals surface area contributed by atoms with Gasteiger partial charge in [-0.2, -0.15) is 0 Å². The van der Waals surface area contributed by atoms with E-state index in [1.807, 2.05) is 0 Å². The molecule has 5 nitrogen and oxygen atoms in total. The van der Waals surface area contributed by atoms with Crippen LogP contribution in [0.5, 0.6) is 0 Å². The highest BCUT2D eigenvalue weighted by Gasteiger charge is 2.16. The molecular formula is C15H17NO4. The quantitative estimate of drug-likeness (QED) is 0.508. The molecule has 0 saturated carbocycles. The van der Waals surface area contributed by atoms with E-state index < -0.39 is 18.0 Å². The van der Waals surface area contributed by atoms with Gasteiger partial charge in [0.25, 0.3) is 5.91 Å². The van der Waals surface area contributed by atoms with E-state index in [-0.39, 0.29) is 5.78 Å². The maximum atomic E-state index is 11.8. The number of rotatable bonds is 5. The van der Waals surface area contributed by atoms with Gasteiger partial charge in [0, 0.05) is 17.3 Å². The first-order valence-corrected chi connectivity index (χ1v) is 6.19. The molecule has 0 aliphatic rings. The van der Waals surface area contributed by atoms with Crippen molar-refractivity contribution in [2.75, 3.05) is 5.32 Å². The van der Waals surface area contributed by atoms with Gasteiger partial charge in [-0.05, 0) is 32.9 Å². The standard InChI is InChI=1S/C15H17NO4/c1-4-6-14(18)20-11(3)15(19)16-13-8-5-7-12(9-13)10(2)17/h4-9,11H,1-3H3,(H,16,19)/b6-4+/t11-/m1/s1. The number of allylic oxidation sites excluding steroid dienone is 1. The Morgan fingerprint density at radius 3 is 2.60 bits per heavy atom. The fraction of sp³-hybridized carbons (Fsp3) is 0.267. The summed E-state index contributed by atoms with van der Waals surface area (Å²) in [5.74, 6) is -1.12. The van der Waals surface area contributed by atoms with Crippen molar-refractivity contribution in [1.82, 2.24) is 0 Å². The second-order valence-electron chi connectivity index (χ2n) is 4.21. The molecule has 1 aromatic rings. The highest BCUT2D eigenvalue weighted by atomic mass is 16.5. The van der Waals surface area contributed by atoms with Gasteiger partial charge in [0.1, 0.15) is 0 Å². The van der Waals surface area contributed by atoms with E-state index in [1.54, 1.807) is 31.2 Å². The number of carbonyl (C=O) groups is 3. The minimum absolute atomic E-state index is 0.0892. The third-order valence-electron chi connectivity index (χ3n) is 2.50. The lowest BCUT2D eigenvalue weighted by Crippen LogP contribution is -2.29. The number of Topliss-reactive ketones (excluding diaryl/α,β-unsaturated/α-hetero) is 1. The van der Waals surface area contributed by atoms with Gasteiger partial charge in [0.2, 0.25) is 0 Å². The van der Waals surface area contributed by atoms with Crippen LogP contribution in [0.1, 0.15) is 31.1 Å². The topological polar surface area (TPSA) is 72.5 Å². The molecule has 0 bridgehead atoms. The van der Waals surface area contributed by atoms with Crippen LogP contribution in [0.2, 0.25) is 0 Å². The van der Waals surface area contributed by atoms with Crippen LogP contribution in [0.25, 0.3) is 0 Å². The van der Waals surface area contributed by atoms with Gasteiger partial charge in [-0.15, -0.1) is 0 Å². The molecule has 1 atom stereocenters. The van der Waals surface area contributed by atoms with Gasteiger partial charge in [-0.1, -0.05) is 18.2 Å². The van der Waals surface area contributed by atoms with Gasteiger partial charge in [0.05, 0.1) is 0 Å². The molecule has 1 amide bonds. The Bertz CT molecular complexity index is 549. The summed E-state index contributed by atoms with van der Waals surface area (Å²) in [5, 5.41) is 2.59. The molecule has 0 spiro atoms. The van der Waals surface area contributed by atoms with Gasteiger partial charge in [0.15, 0.2) is 11.9 Å². The molecule has 0 unspecified atom stereocenters. The van der Waals surface area contributed by atoms with Crippen molar-refractivity contribution in [2.24, 2.45) is 0 Å². The Hall–Kier alpha value is -2.43. The van der Waals surface area contributed by atoms with Crippen molar-refractivity contribution in [3.63, 3.8) is 0 Å². The summed E-state index contributed by atoms with van der Waals surface area (Å²) >= 11 is 0. The predicted molar refractivity (Wildman–Crippen MR) is 75.4 cm³/mol. The summed E-state index contributed by atoms with van der Waals surface area (Å²) < 4.78 is 4.90. The van der Waals surface area contributed by atoms with Crippen LogP contribution in [-0.2, 0) is 14.3 Å². The zero-order valence-electron chi connectivity index (χ0n) is 11.7. The third kappa shape index (κ3) is 4.68. The number of hydrogen-bond donors (Lipinski definition) is 1. The molecule has 1 N–H and O–H groups in total.